The van der Waals surface area contributed by atoms with Crippen LogP contribution >= 0.6 is 0 Å². The van der Waals surface area contributed by atoms with Crippen LogP contribution in [0, 0.1) is 5.92 Å². The number of morpholine rings is 2. The molecular weight excluding hydrogens is 352 g/mol. The molecule has 150 valence electrons. The molecule has 2 aromatic rings. The highest BCUT2D eigenvalue weighted by atomic mass is 16.5. The number of fused-ring (bicyclic) bond motifs is 5. The molecule has 1 aromatic carbocycles. The second-order valence-corrected chi connectivity index (χ2v) is 9.03. The first-order chi connectivity index (χ1) is 13.9. The molecular formula is C22H32N4O2+2. The van der Waals surface area contributed by atoms with E-state index in [2.05, 4.69) is 28.8 Å². The Morgan fingerprint density at radius 2 is 1.71 bits per heavy atom. The number of nitrogens with zero attached hydrogens (tertiary/aromatic N) is 2. The second-order valence-electron chi connectivity index (χ2n) is 9.03. The van der Waals surface area contributed by atoms with E-state index in [-0.39, 0.29) is 5.66 Å². The molecule has 3 aliphatic heterocycles. The minimum Gasteiger partial charge on any atom is -0.370 e. The monoisotopic (exact) mass is 384 g/mol. The Morgan fingerprint density at radius 1 is 0.964 bits per heavy atom. The van der Waals surface area contributed by atoms with Gasteiger partial charge in [-0.1, -0.05) is 18.6 Å². The zero-order valence-corrected chi connectivity index (χ0v) is 16.7. The van der Waals surface area contributed by atoms with E-state index in [4.69, 9.17) is 14.5 Å². The maximum absolute atomic E-state index is 5.77. The Kier molecular flexibility index (Phi) is 4.22. The average Bonchev–Trinajstić information content (AvgIpc) is 3.28. The van der Waals surface area contributed by atoms with Crippen LogP contribution in [0.2, 0.25) is 0 Å². The van der Waals surface area contributed by atoms with E-state index in [1.54, 1.807) is 9.80 Å². The number of hydrogen-bond acceptors (Lipinski definition) is 3. The lowest BCUT2D eigenvalue weighted by atomic mass is 9.75. The molecule has 6 nitrogen and oxygen atoms in total. The number of para-hydroxylation sites is 2. The molecule has 1 saturated carbocycles. The third-order valence-corrected chi connectivity index (χ3v) is 7.89. The molecule has 2 N–H and O–H groups in total. The van der Waals surface area contributed by atoms with Crippen molar-refractivity contribution in [2.24, 2.45) is 5.92 Å². The molecule has 6 rings (SSSR count). The van der Waals surface area contributed by atoms with Crippen LogP contribution < -0.4 is 9.80 Å². The van der Waals surface area contributed by atoms with Crippen molar-refractivity contribution in [3.8, 4) is 0 Å². The van der Waals surface area contributed by atoms with Gasteiger partial charge in [0.25, 0.3) is 0 Å². The van der Waals surface area contributed by atoms with Crippen molar-refractivity contribution in [2.45, 2.75) is 37.4 Å². The third-order valence-electron chi connectivity index (χ3n) is 7.89. The summed E-state index contributed by atoms with van der Waals surface area (Å²) in [5.74, 6) is 2.03. The smallest absolute Gasteiger partial charge is 0.187 e. The number of benzene rings is 1. The van der Waals surface area contributed by atoms with Crippen molar-refractivity contribution in [3.63, 3.8) is 0 Å². The second kappa shape index (κ2) is 6.80. The van der Waals surface area contributed by atoms with E-state index in [0.717, 1.165) is 52.6 Å². The van der Waals surface area contributed by atoms with Gasteiger partial charge in [-0.3, -0.25) is 4.57 Å². The molecule has 4 aliphatic rings. The summed E-state index contributed by atoms with van der Waals surface area (Å²) >= 11 is 0. The van der Waals surface area contributed by atoms with Crippen LogP contribution in [0.15, 0.2) is 24.3 Å². The van der Waals surface area contributed by atoms with Crippen molar-refractivity contribution in [1.82, 2.24) is 9.55 Å². The van der Waals surface area contributed by atoms with Gasteiger partial charge in [-0.2, -0.15) is 0 Å². The van der Waals surface area contributed by atoms with E-state index in [1.807, 2.05) is 0 Å². The molecule has 1 aromatic heterocycles. The number of ether oxygens (including phenoxy) is 2. The molecule has 0 unspecified atom stereocenters. The quantitative estimate of drug-likeness (QED) is 0.752. The number of quaternary nitrogens is 2. The van der Waals surface area contributed by atoms with Gasteiger partial charge in [-0.05, 0) is 25.0 Å². The van der Waals surface area contributed by atoms with E-state index >= 15 is 0 Å². The van der Waals surface area contributed by atoms with Crippen molar-refractivity contribution < 1.29 is 19.3 Å². The average molecular weight is 385 g/mol. The number of hydrogen-bond donors (Lipinski definition) is 2. The molecule has 28 heavy (non-hydrogen) atoms. The van der Waals surface area contributed by atoms with Crippen molar-refractivity contribution in [2.75, 3.05) is 52.6 Å². The minimum absolute atomic E-state index is 0.156. The summed E-state index contributed by atoms with van der Waals surface area (Å²) in [6, 6.07) is 9.33. The zero-order chi connectivity index (χ0) is 18.6. The number of imidazole rings is 1. The highest BCUT2D eigenvalue weighted by Crippen LogP contribution is 2.49. The molecule has 3 fully saturated rings. The van der Waals surface area contributed by atoms with Crippen LogP contribution in [-0.4, -0.2) is 62.2 Å². The molecule has 0 amide bonds. The number of nitrogens with one attached hydrogen (secondary N) is 2. The largest absolute Gasteiger partial charge is 0.370 e. The predicted molar refractivity (Wildman–Crippen MR) is 105 cm³/mol. The summed E-state index contributed by atoms with van der Waals surface area (Å²) < 4.78 is 14.2. The zero-order valence-electron chi connectivity index (χ0n) is 16.7. The molecule has 3 atom stereocenters. The minimum atomic E-state index is 0.156. The molecule has 0 radical (unpaired) electrons. The maximum atomic E-state index is 5.77. The van der Waals surface area contributed by atoms with Crippen molar-refractivity contribution in [1.29, 1.82) is 0 Å². The Hall–Kier alpha value is -1.47. The molecule has 2 saturated heterocycles. The molecule has 4 heterocycles. The van der Waals surface area contributed by atoms with Gasteiger partial charge in [0.05, 0.1) is 43.4 Å². The fraction of sp³-hybridized carbons (Fsp3) is 0.682. The van der Waals surface area contributed by atoms with Crippen LogP contribution in [0.25, 0.3) is 11.0 Å². The Labute approximate surface area is 166 Å². The standard InChI is InChI=1S/C22H30N4O2/c1-2-7-19-18(6-1)23-21-20(24-9-13-27-14-10-24)17-5-3-4-8-22(17,26(19)21)25-11-15-28-16-12-25/h1-2,6-7,17,20H,3-5,8-16H2/p+2/t17-,20+,22+/m1/s1. The van der Waals surface area contributed by atoms with E-state index in [0.29, 0.717) is 12.0 Å². The van der Waals surface area contributed by atoms with E-state index in [9.17, 15) is 0 Å². The Balaban J connectivity index is 1.56. The normalized spacial score (nSPS) is 34.4. The fourth-order valence-corrected chi connectivity index (χ4v) is 6.81. The highest BCUT2D eigenvalue weighted by Gasteiger charge is 2.64. The topological polar surface area (TPSA) is 45.2 Å². The van der Waals surface area contributed by atoms with Gasteiger partial charge in [0.15, 0.2) is 17.5 Å². The first-order valence-corrected chi connectivity index (χ1v) is 11.2. The summed E-state index contributed by atoms with van der Waals surface area (Å²) in [4.78, 5) is 8.71. The lowest BCUT2D eigenvalue weighted by Crippen LogP contribution is -3.23. The Morgan fingerprint density at radius 3 is 2.54 bits per heavy atom. The summed E-state index contributed by atoms with van der Waals surface area (Å²) in [5, 5.41) is 0. The summed E-state index contributed by atoms with van der Waals surface area (Å²) in [5.41, 5.74) is 2.67. The lowest BCUT2D eigenvalue weighted by Gasteiger charge is -2.47. The van der Waals surface area contributed by atoms with Gasteiger partial charge < -0.3 is 19.3 Å². The van der Waals surface area contributed by atoms with Crippen molar-refractivity contribution >= 4 is 11.0 Å². The van der Waals surface area contributed by atoms with E-state index in [1.165, 1.54) is 42.5 Å². The first kappa shape index (κ1) is 17.4. The molecule has 6 heteroatoms. The number of aromatic nitrogens is 2. The fourth-order valence-electron chi connectivity index (χ4n) is 6.81. The van der Waals surface area contributed by atoms with Gasteiger partial charge in [-0.15, -0.1) is 0 Å². The van der Waals surface area contributed by atoms with Gasteiger partial charge in [0.2, 0.25) is 0 Å². The van der Waals surface area contributed by atoms with Crippen LogP contribution in [0.5, 0.6) is 0 Å². The Bertz CT molecular complexity index is 855. The summed E-state index contributed by atoms with van der Waals surface area (Å²) in [6.07, 6.45) is 5.30. The maximum Gasteiger partial charge on any atom is 0.187 e. The van der Waals surface area contributed by atoms with E-state index < -0.39 is 0 Å². The summed E-state index contributed by atoms with van der Waals surface area (Å²) in [7, 11) is 0. The van der Waals surface area contributed by atoms with Gasteiger partial charge in [0, 0.05) is 6.42 Å². The summed E-state index contributed by atoms with van der Waals surface area (Å²) in [6.45, 7) is 8.01. The van der Waals surface area contributed by atoms with Crippen LogP contribution in [0.1, 0.15) is 37.5 Å². The third kappa shape index (κ3) is 2.38. The highest BCUT2D eigenvalue weighted by molar-refractivity contribution is 5.76. The van der Waals surface area contributed by atoms with Gasteiger partial charge in [0.1, 0.15) is 26.2 Å². The van der Waals surface area contributed by atoms with Crippen LogP contribution in [0.3, 0.4) is 0 Å². The number of rotatable bonds is 2. The lowest BCUT2D eigenvalue weighted by molar-refractivity contribution is -0.995. The molecule has 0 spiro atoms. The first-order valence-electron chi connectivity index (χ1n) is 11.2. The predicted octanol–water partition coefficient (Wildman–Crippen LogP) is -0.236. The molecule has 1 aliphatic carbocycles. The van der Waals surface area contributed by atoms with Crippen LogP contribution in [-0.2, 0) is 15.1 Å². The molecule has 0 bridgehead atoms. The SMILES string of the molecule is c1ccc2c(c1)nc1n2[C@@]2([NH+]3CCOCC3)CCCC[C@@H]2[C@@H]1[NH+]1CCOCC1. The van der Waals surface area contributed by atoms with Gasteiger partial charge >= 0.3 is 0 Å². The van der Waals surface area contributed by atoms with Crippen LogP contribution in [0.4, 0.5) is 0 Å². The van der Waals surface area contributed by atoms with Gasteiger partial charge in [-0.25, -0.2) is 4.98 Å². The van der Waals surface area contributed by atoms with Crippen molar-refractivity contribution in [3.05, 3.63) is 30.1 Å².